The normalized spacial score (nSPS) is 23.1. The second-order valence-electron chi connectivity index (χ2n) is 9.51. The number of piperidine rings is 2. The third-order valence-corrected chi connectivity index (χ3v) is 7.32. The van der Waals surface area contributed by atoms with E-state index in [1.165, 1.54) is 12.8 Å². The maximum atomic E-state index is 6.17. The Morgan fingerprint density at radius 3 is 1.16 bits per heavy atom. The van der Waals surface area contributed by atoms with Gasteiger partial charge in [0.15, 0.2) is 23.0 Å². The Labute approximate surface area is 190 Å². The topological polar surface area (TPSA) is 43.4 Å². The van der Waals surface area contributed by atoms with Gasteiger partial charge >= 0.3 is 0 Å². The van der Waals surface area contributed by atoms with Gasteiger partial charge in [0.05, 0.1) is 0 Å². The highest BCUT2D eigenvalue weighted by atomic mass is 16.7. The Hall–Kier alpha value is -2.44. The van der Waals surface area contributed by atoms with Crippen molar-refractivity contribution in [1.82, 2.24) is 9.80 Å². The number of likely N-dealkylation sites (tertiary alicyclic amines) is 2. The summed E-state index contributed by atoms with van der Waals surface area (Å²) in [5, 5.41) is 0. The summed E-state index contributed by atoms with van der Waals surface area (Å²) < 4.78 is 24.7. The van der Waals surface area contributed by atoms with E-state index in [4.69, 9.17) is 18.9 Å². The first-order valence-corrected chi connectivity index (χ1v) is 12.1. The summed E-state index contributed by atoms with van der Waals surface area (Å²) in [6.07, 6.45) is 6.18. The van der Waals surface area contributed by atoms with E-state index in [0.717, 1.165) is 87.9 Å². The van der Waals surface area contributed by atoms with Crippen molar-refractivity contribution in [1.29, 1.82) is 0 Å². The number of benzene rings is 2. The van der Waals surface area contributed by atoms with Crippen LogP contribution in [-0.2, 0) is 0 Å². The van der Waals surface area contributed by atoms with Gasteiger partial charge in [-0.2, -0.15) is 0 Å². The van der Waals surface area contributed by atoms with Crippen LogP contribution in [0.2, 0.25) is 0 Å². The van der Waals surface area contributed by atoms with Crippen LogP contribution in [0.25, 0.3) is 0 Å². The van der Waals surface area contributed by atoms with Crippen molar-refractivity contribution in [3.8, 4) is 23.0 Å². The maximum absolute atomic E-state index is 6.17. The fourth-order valence-corrected chi connectivity index (χ4v) is 5.39. The van der Waals surface area contributed by atoms with Crippen LogP contribution >= 0.6 is 0 Å². The van der Waals surface area contributed by atoms with Crippen LogP contribution < -0.4 is 18.9 Å². The zero-order valence-electron chi connectivity index (χ0n) is 18.6. The van der Waals surface area contributed by atoms with Crippen molar-refractivity contribution in [3.05, 3.63) is 48.5 Å². The molecule has 0 radical (unpaired) electrons. The molecule has 0 amide bonds. The SMILES string of the molecule is c1ccc2c(c1)OC1(CCN(CCCCN3CCC4(CC3)Oc3ccccc3O4)CC1)O2. The summed E-state index contributed by atoms with van der Waals surface area (Å²) in [6.45, 7) is 6.46. The minimum absolute atomic E-state index is 0.437. The number of nitrogens with zero attached hydrogens (tertiary/aromatic N) is 2. The number of hydrogen-bond acceptors (Lipinski definition) is 6. The molecular formula is C26H32N2O4. The lowest BCUT2D eigenvalue weighted by Gasteiger charge is -2.38. The Kier molecular flexibility index (Phi) is 5.15. The first-order chi connectivity index (χ1) is 15.7. The van der Waals surface area contributed by atoms with Gasteiger partial charge in [-0.25, -0.2) is 0 Å². The first kappa shape index (κ1) is 20.2. The van der Waals surface area contributed by atoms with Gasteiger partial charge in [-0.3, -0.25) is 0 Å². The smallest absolute Gasteiger partial charge is 0.254 e. The van der Waals surface area contributed by atoms with E-state index >= 15 is 0 Å². The molecule has 0 atom stereocenters. The van der Waals surface area contributed by atoms with E-state index in [0.29, 0.717) is 0 Å². The average Bonchev–Trinajstić information content (AvgIpc) is 3.36. The number of unbranched alkanes of at least 4 members (excludes halogenated alkanes) is 1. The lowest BCUT2D eigenvalue weighted by Crippen LogP contribution is -2.50. The summed E-state index contributed by atoms with van der Waals surface area (Å²) in [5.41, 5.74) is 0. The molecule has 4 aliphatic heterocycles. The van der Waals surface area contributed by atoms with Crippen LogP contribution in [-0.4, -0.2) is 60.6 Å². The van der Waals surface area contributed by atoms with E-state index in [1.807, 2.05) is 48.5 Å². The van der Waals surface area contributed by atoms with Crippen molar-refractivity contribution in [2.75, 3.05) is 39.3 Å². The molecule has 170 valence electrons. The molecular weight excluding hydrogens is 404 g/mol. The summed E-state index contributed by atoms with van der Waals surface area (Å²) in [5.74, 6) is 2.69. The number of para-hydroxylation sites is 4. The lowest BCUT2D eigenvalue weighted by atomic mass is 10.0. The molecule has 4 heterocycles. The van der Waals surface area contributed by atoms with Gasteiger partial charge in [-0.05, 0) is 50.2 Å². The van der Waals surface area contributed by atoms with E-state index in [9.17, 15) is 0 Å². The third kappa shape index (κ3) is 3.90. The minimum Gasteiger partial charge on any atom is -0.448 e. The standard InChI is InChI=1S/C26H32N2O4/c1-2-8-22-21(7-1)29-25(30-22)11-17-27(18-12-25)15-5-6-16-28-19-13-26(14-20-28)31-23-9-3-4-10-24(23)32-26/h1-4,7-10H,5-6,11-20H2. The molecule has 2 saturated heterocycles. The molecule has 4 aliphatic rings. The van der Waals surface area contributed by atoms with Crippen molar-refractivity contribution >= 4 is 0 Å². The second kappa shape index (κ2) is 8.16. The third-order valence-electron chi connectivity index (χ3n) is 7.32. The van der Waals surface area contributed by atoms with Crippen molar-refractivity contribution < 1.29 is 18.9 Å². The van der Waals surface area contributed by atoms with Crippen LogP contribution in [0, 0.1) is 0 Å². The molecule has 6 heteroatoms. The largest absolute Gasteiger partial charge is 0.448 e. The summed E-state index contributed by atoms with van der Waals surface area (Å²) >= 11 is 0. The molecule has 0 unspecified atom stereocenters. The van der Waals surface area contributed by atoms with Gasteiger partial charge in [0.1, 0.15) is 0 Å². The van der Waals surface area contributed by atoms with Gasteiger partial charge in [0.25, 0.3) is 11.6 Å². The molecule has 6 rings (SSSR count). The van der Waals surface area contributed by atoms with Crippen LogP contribution in [0.15, 0.2) is 48.5 Å². The fourth-order valence-electron chi connectivity index (χ4n) is 5.39. The molecule has 0 N–H and O–H groups in total. The van der Waals surface area contributed by atoms with Gasteiger partial charge in [0, 0.05) is 51.9 Å². The predicted octanol–water partition coefficient (Wildman–Crippen LogP) is 4.29. The summed E-state index contributed by atoms with van der Waals surface area (Å²) in [7, 11) is 0. The molecule has 6 nitrogen and oxygen atoms in total. The van der Waals surface area contributed by atoms with E-state index < -0.39 is 11.6 Å². The first-order valence-electron chi connectivity index (χ1n) is 12.1. The van der Waals surface area contributed by atoms with Gasteiger partial charge in [-0.1, -0.05) is 24.3 Å². The molecule has 2 aromatic carbocycles. The van der Waals surface area contributed by atoms with Crippen LogP contribution in [0.1, 0.15) is 38.5 Å². The maximum Gasteiger partial charge on any atom is 0.254 e. The van der Waals surface area contributed by atoms with Gasteiger partial charge in [-0.15, -0.1) is 0 Å². The van der Waals surface area contributed by atoms with Crippen molar-refractivity contribution in [2.45, 2.75) is 50.1 Å². The van der Waals surface area contributed by atoms with E-state index in [-0.39, 0.29) is 0 Å². The van der Waals surface area contributed by atoms with Crippen LogP contribution in [0.4, 0.5) is 0 Å². The predicted molar refractivity (Wildman–Crippen MR) is 121 cm³/mol. The summed E-state index contributed by atoms with van der Waals surface area (Å²) in [4.78, 5) is 5.12. The Morgan fingerprint density at radius 2 is 0.844 bits per heavy atom. The lowest BCUT2D eigenvalue weighted by molar-refractivity contribution is -0.120. The van der Waals surface area contributed by atoms with Crippen LogP contribution in [0.5, 0.6) is 23.0 Å². The molecule has 0 aliphatic carbocycles. The quantitative estimate of drug-likeness (QED) is 0.652. The number of rotatable bonds is 5. The molecule has 0 aromatic heterocycles. The molecule has 2 fully saturated rings. The Morgan fingerprint density at radius 1 is 0.531 bits per heavy atom. The zero-order chi connectivity index (χ0) is 21.4. The number of ether oxygens (including phenoxy) is 4. The highest BCUT2D eigenvalue weighted by Crippen LogP contribution is 2.44. The Bertz CT molecular complexity index is 817. The van der Waals surface area contributed by atoms with Gasteiger partial charge < -0.3 is 28.7 Å². The molecule has 0 saturated carbocycles. The van der Waals surface area contributed by atoms with Gasteiger partial charge in [0.2, 0.25) is 0 Å². The highest BCUT2D eigenvalue weighted by Gasteiger charge is 2.45. The minimum atomic E-state index is -0.437. The van der Waals surface area contributed by atoms with Crippen LogP contribution in [0.3, 0.4) is 0 Å². The second-order valence-corrected chi connectivity index (χ2v) is 9.51. The zero-order valence-corrected chi connectivity index (χ0v) is 18.6. The van der Waals surface area contributed by atoms with Crippen molar-refractivity contribution in [2.24, 2.45) is 0 Å². The van der Waals surface area contributed by atoms with E-state index in [2.05, 4.69) is 9.80 Å². The molecule has 32 heavy (non-hydrogen) atoms. The molecule has 0 bridgehead atoms. The number of fused-ring (bicyclic) bond motifs is 2. The summed E-state index contributed by atoms with van der Waals surface area (Å²) in [6, 6.07) is 16.0. The Balaban J connectivity index is 0.891. The van der Waals surface area contributed by atoms with Crippen molar-refractivity contribution in [3.63, 3.8) is 0 Å². The monoisotopic (exact) mass is 436 g/mol. The van der Waals surface area contributed by atoms with E-state index in [1.54, 1.807) is 0 Å². The highest BCUT2D eigenvalue weighted by molar-refractivity contribution is 5.43. The molecule has 2 spiro atoms. The number of hydrogen-bond donors (Lipinski definition) is 0. The molecule has 2 aromatic rings. The average molecular weight is 437 g/mol. The fraction of sp³-hybridized carbons (Fsp3) is 0.538.